The zero-order valence-corrected chi connectivity index (χ0v) is 10.1. The predicted molar refractivity (Wildman–Crippen MR) is 64.4 cm³/mol. The summed E-state index contributed by atoms with van der Waals surface area (Å²) in [6.07, 6.45) is 4.52. The van der Waals surface area contributed by atoms with Gasteiger partial charge in [0.25, 0.3) is 0 Å². The monoisotopic (exact) mass is 238 g/mol. The fourth-order valence-electron chi connectivity index (χ4n) is 2.08. The molecule has 0 spiro atoms. The average Bonchev–Trinajstić information content (AvgIpc) is 2.33. The van der Waals surface area contributed by atoms with Crippen LogP contribution in [0, 0.1) is 0 Å². The van der Waals surface area contributed by atoms with Crippen molar-refractivity contribution in [2.45, 2.75) is 57.2 Å². The Bertz CT molecular complexity index is 321. The van der Waals surface area contributed by atoms with Crippen LogP contribution < -0.4 is 0 Å². The normalized spacial score (nSPS) is 27.9. The molecule has 3 atom stereocenters. The number of hydrogen-bond acceptors (Lipinski definition) is 3. The highest BCUT2D eigenvalue weighted by molar-refractivity contribution is 4.93. The molecule has 1 fully saturated rings. The third kappa shape index (κ3) is 4.15. The van der Waals surface area contributed by atoms with Crippen LogP contribution in [0.5, 0.6) is 0 Å². The molecule has 0 aromatic rings. The van der Waals surface area contributed by atoms with Gasteiger partial charge < -0.3 is 4.74 Å². The lowest BCUT2D eigenvalue weighted by Crippen LogP contribution is -2.40. The molecule has 1 rings (SSSR count). The van der Waals surface area contributed by atoms with Crippen LogP contribution in [0.1, 0.15) is 39.0 Å². The third-order valence-corrected chi connectivity index (χ3v) is 2.98. The van der Waals surface area contributed by atoms with Crippen LogP contribution in [0.15, 0.2) is 10.2 Å². The van der Waals surface area contributed by atoms with Crippen LogP contribution in [0.4, 0.5) is 0 Å². The van der Waals surface area contributed by atoms with Gasteiger partial charge in [-0.15, -0.1) is 0 Å². The first-order valence-corrected chi connectivity index (χ1v) is 6.03. The van der Waals surface area contributed by atoms with Crippen molar-refractivity contribution in [2.75, 3.05) is 6.61 Å². The van der Waals surface area contributed by atoms with Crippen molar-refractivity contribution in [3.63, 3.8) is 0 Å². The van der Waals surface area contributed by atoms with E-state index in [0.29, 0.717) is 6.61 Å². The van der Waals surface area contributed by atoms with E-state index in [1.54, 1.807) is 0 Å². The minimum atomic E-state index is -0.360. The van der Waals surface area contributed by atoms with Crippen molar-refractivity contribution in [3.8, 4) is 0 Å². The molecule has 7 nitrogen and oxygen atoms in total. The van der Waals surface area contributed by atoms with E-state index in [0.717, 1.165) is 32.1 Å². The SMILES string of the molecule is CCCCO[C@H]1CCC[C@@H](N=[N+]=[N-])[C@H]1N=[N+]=[N-]. The molecule has 0 N–H and O–H groups in total. The summed E-state index contributed by atoms with van der Waals surface area (Å²) in [4.78, 5) is 5.64. The number of hydrogen-bond donors (Lipinski definition) is 0. The van der Waals surface area contributed by atoms with Crippen LogP contribution in [0.3, 0.4) is 0 Å². The van der Waals surface area contributed by atoms with Gasteiger partial charge in [-0.2, -0.15) is 0 Å². The lowest BCUT2D eigenvalue weighted by molar-refractivity contribution is 0.00840. The van der Waals surface area contributed by atoms with Gasteiger partial charge in [0.05, 0.1) is 12.1 Å². The molecule has 0 unspecified atom stereocenters. The second kappa shape index (κ2) is 7.79. The first-order valence-electron chi connectivity index (χ1n) is 6.03. The van der Waals surface area contributed by atoms with Gasteiger partial charge in [0.1, 0.15) is 0 Å². The Morgan fingerprint density at radius 3 is 2.65 bits per heavy atom. The quantitative estimate of drug-likeness (QED) is 0.299. The molecule has 0 aliphatic heterocycles. The fourth-order valence-corrected chi connectivity index (χ4v) is 2.08. The minimum Gasteiger partial charge on any atom is -0.378 e. The van der Waals surface area contributed by atoms with Crippen molar-refractivity contribution in [1.82, 2.24) is 0 Å². The maximum atomic E-state index is 8.56. The van der Waals surface area contributed by atoms with Crippen LogP contribution in [-0.2, 0) is 4.74 Å². The third-order valence-electron chi connectivity index (χ3n) is 2.98. The van der Waals surface area contributed by atoms with Crippen molar-refractivity contribution < 1.29 is 4.74 Å². The van der Waals surface area contributed by atoms with Crippen LogP contribution in [-0.4, -0.2) is 24.8 Å². The first-order chi connectivity index (χ1) is 8.33. The van der Waals surface area contributed by atoms with Crippen LogP contribution >= 0.6 is 0 Å². The Kier molecular flexibility index (Phi) is 6.25. The number of ether oxygens (including phenoxy) is 1. The van der Waals surface area contributed by atoms with Gasteiger partial charge in [-0.25, -0.2) is 0 Å². The summed E-state index contributed by atoms with van der Waals surface area (Å²) in [6, 6.07) is -0.627. The van der Waals surface area contributed by atoms with Gasteiger partial charge in [-0.3, -0.25) is 0 Å². The molecule has 0 amide bonds. The number of azide groups is 2. The molecule has 0 bridgehead atoms. The van der Waals surface area contributed by atoms with Crippen molar-refractivity contribution in [3.05, 3.63) is 20.9 Å². The number of unbranched alkanes of at least 4 members (excludes halogenated alkanes) is 1. The Morgan fingerprint density at radius 1 is 1.24 bits per heavy atom. The predicted octanol–water partition coefficient (Wildman–Crippen LogP) is 3.71. The topological polar surface area (TPSA) is 107 Å². The Morgan fingerprint density at radius 2 is 2.00 bits per heavy atom. The summed E-state index contributed by atoms with van der Waals surface area (Å²) in [5, 5.41) is 7.43. The van der Waals surface area contributed by atoms with E-state index in [9.17, 15) is 0 Å². The van der Waals surface area contributed by atoms with Gasteiger partial charge in [0.15, 0.2) is 0 Å². The van der Waals surface area contributed by atoms with E-state index in [-0.39, 0.29) is 18.2 Å². The van der Waals surface area contributed by atoms with E-state index in [2.05, 4.69) is 27.0 Å². The minimum absolute atomic E-state index is 0.110. The highest BCUT2D eigenvalue weighted by atomic mass is 16.5. The molecule has 1 aliphatic carbocycles. The average molecular weight is 238 g/mol. The van der Waals surface area contributed by atoms with Crippen molar-refractivity contribution in [2.24, 2.45) is 10.2 Å². The molecule has 17 heavy (non-hydrogen) atoms. The smallest absolute Gasteiger partial charge is 0.0720 e. The molecule has 1 aliphatic rings. The van der Waals surface area contributed by atoms with Crippen molar-refractivity contribution in [1.29, 1.82) is 0 Å². The molecule has 0 aromatic heterocycles. The Labute approximate surface area is 100 Å². The molecule has 0 aromatic carbocycles. The zero-order valence-electron chi connectivity index (χ0n) is 10.1. The lowest BCUT2D eigenvalue weighted by Gasteiger charge is -2.32. The Balaban J connectivity index is 2.65. The largest absolute Gasteiger partial charge is 0.378 e. The molecule has 0 heterocycles. The van der Waals surface area contributed by atoms with Crippen LogP contribution in [0.25, 0.3) is 20.9 Å². The summed E-state index contributed by atoms with van der Waals surface area (Å²) in [5.41, 5.74) is 17.0. The lowest BCUT2D eigenvalue weighted by atomic mass is 9.89. The second-order valence-corrected chi connectivity index (χ2v) is 4.16. The van der Waals surface area contributed by atoms with E-state index in [1.165, 1.54) is 0 Å². The Hall–Kier alpha value is -1.42. The molecule has 7 heteroatoms. The van der Waals surface area contributed by atoms with E-state index >= 15 is 0 Å². The van der Waals surface area contributed by atoms with E-state index < -0.39 is 0 Å². The number of nitrogens with zero attached hydrogens (tertiary/aromatic N) is 6. The first kappa shape index (κ1) is 13.6. The summed E-state index contributed by atoms with van der Waals surface area (Å²) in [5.74, 6) is 0. The number of rotatable bonds is 6. The molecule has 0 saturated heterocycles. The summed E-state index contributed by atoms with van der Waals surface area (Å²) in [6.45, 7) is 2.76. The summed E-state index contributed by atoms with van der Waals surface area (Å²) in [7, 11) is 0. The fraction of sp³-hybridized carbons (Fsp3) is 1.00. The molecular formula is C10H18N6O. The molecule has 0 radical (unpaired) electrons. The van der Waals surface area contributed by atoms with Gasteiger partial charge >= 0.3 is 0 Å². The standard InChI is InChI=1S/C10H18N6O/c1-2-3-7-17-9-6-4-5-8(13-15-11)10(9)14-16-12/h8-10H,2-7H2,1H3/t8-,9+,10-/m1/s1. The van der Waals surface area contributed by atoms with Gasteiger partial charge in [-0.1, -0.05) is 30.0 Å². The molecular weight excluding hydrogens is 220 g/mol. The summed E-state index contributed by atoms with van der Waals surface area (Å²) < 4.78 is 5.72. The highest BCUT2D eigenvalue weighted by Crippen LogP contribution is 2.27. The van der Waals surface area contributed by atoms with Gasteiger partial charge in [-0.05, 0) is 30.3 Å². The van der Waals surface area contributed by atoms with Crippen LogP contribution in [0.2, 0.25) is 0 Å². The zero-order chi connectivity index (χ0) is 12.5. The molecule has 1 saturated carbocycles. The van der Waals surface area contributed by atoms with E-state index in [1.807, 2.05) is 0 Å². The summed E-state index contributed by atoms with van der Waals surface area (Å²) >= 11 is 0. The maximum absolute atomic E-state index is 8.56. The maximum Gasteiger partial charge on any atom is 0.0720 e. The molecule has 94 valence electrons. The highest BCUT2D eigenvalue weighted by Gasteiger charge is 2.32. The van der Waals surface area contributed by atoms with Gasteiger partial charge in [0.2, 0.25) is 0 Å². The van der Waals surface area contributed by atoms with Crippen molar-refractivity contribution >= 4 is 0 Å². The second-order valence-electron chi connectivity index (χ2n) is 4.16. The van der Waals surface area contributed by atoms with E-state index in [4.69, 9.17) is 15.8 Å². The van der Waals surface area contributed by atoms with Gasteiger partial charge in [0, 0.05) is 22.5 Å².